The highest BCUT2D eigenvalue weighted by Gasteiger charge is 2.05. The third-order valence-corrected chi connectivity index (χ3v) is 2.39. The molecule has 0 aliphatic carbocycles. The van der Waals surface area contributed by atoms with Crippen LogP contribution in [-0.2, 0) is 13.0 Å². The average molecular weight is 218 g/mol. The van der Waals surface area contributed by atoms with Gasteiger partial charge in [-0.25, -0.2) is 4.98 Å². The van der Waals surface area contributed by atoms with Crippen molar-refractivity contribution >= 4 is 0 Å². The van der Waals surface area contributed by atoms with Gasteiger partial charge in [0.15, 0.2) is 0 Å². The number of aromatic nitrogens is 4. The number of aromatic amines is 1. The molecule has 0 bridgehead atoms. The van der Waals surface area contributed by atoms with Crippen LogP contribution < -0.4 is 5.56 Å². The van der Waals surface area contributed by atoms with Gasteiger partial charge in [0.05, 0.1) is 11.8 Å². The van der Waals surface area contributed by atoms with Crippen molar-refractivity contribution < 1.29 is 0 Å². The van der Waals surface area contributed by atoms with Crippen molar-refractivity contribution in [2.75, 3.05) is 0 Å². The number of nitrogens with zero attached hydrogens (tertiary/aromatic N) is 3. The van der Waals surface area contributed by atoms with E-state index in [9.17, 15) is 4.79 Å². The standard InChI is InChI=1S/C11H14N4O/c1-3-9-5-10(16)14-11(13-9)8-6-12-15(4-2)7-8/h5-7H,3-4H2,1-2H3,(H,13,14,16). The van der Waals surface area contributed by atoms with Gasteiger partial charge in [-0.2, -0.15) is 5.10 Å². The van der Waals surface area contributed by atoms with E-state index in [4.69, 9.17) is 0 Å². The minimum absolute atomic E-state index is 0.119. The Hall–Kier alpha value is -1.91. The Morgan fingerprint density at radius 3 is 2.88 bits per heavy atom. The second-order valence-corrected chi connectivity index (χ2v) is 3.52. The van der Waals surface area contributed by atoms with Crippen molar-refractivity contribution in [3.05, 3.63) is 34.5 Å². The zero-order valence-electron chi connectivity index (χ0n) is 9.40. The zero-order valence-corrected chi connectivity index (χ0v) is 9.40. The first-order valence-electron chi connectivity index (χ1n) is 5.36. The van der Waals surface area contributed by atoms with Crippen LogP contribution in [0.5, 0.6) is 0 Å². The lowest BCUT2D eigenvalue weighted by Gasteiger charge is -1.99. The molecule has 0 spiro atoms. The lowest BCUT2D eigenvalue weighted by molar-refractivity contribution is 0.660. The van der Waals surface area contributed by atoms with E-state index in [0.717, 1.165) is 24.2 Å². The van der Waals surface area contributed by atoms with E-state index in [0.29, 0.717) is 5.82 Å². The van der Waals surface area contributed by atoms with Gasteiger partial charge in [-0.15, -0.1) is 0 Å². The second kappa shape index (κ2) is 4.30. The van der Waals surface area contributed by atoms with Gasteiger partial charge in [0.2, 0.25) is 0 Å². The summed E-state index contributed by atoms with van der Waals surface area (Å²) in [6, 6.07) is 1.52. The van der Waals surface area contributed by atoms with Gasteiger partial charge in [-0.1, -0.05) is 6.92 Å². The number of hydrogen-bond donors (Lipinski definition) is 1. The van der Waals surface area contributed by atoms with Crippen molar-refractivity contribution in [3.8, 4) is 11.4 Å². The summed E-state index contributed by atoms with van der Waals surface area (Å²) in [6.45, 7) is 4.79. The van der Waals surface area contributed by atoms with E-state index >= 15 is 0 Å². The SMILES string of the molecule is CCc1cc(=O)[nH]c(-c2cnn(CC)c2)n1. The molecule has 84 valence electrons. The Balaban J connectivity index is 2.46. The molecule has 5 heteroatoms. The van der Waals surface area contributed by atoms with Gasteiger partial charge in [-0.05, 0) is 13.3 Å². The van der Waals surface area contributed by atoms with Crippen molar-refractivity contribution in [2.24, 2.45) is 0 Å². The molecule has 0 saturated heterocycles. The van der Waals surface area contributed by atoms with Crippen LogP contribution in [0.1, 0.15) is 19.5 Å². The molecule has 0 saturated carbocycles. The molecule has 5 nitrogen and oxygen atoms in total. The Morgan fingerprint density at radius 1 is 1.44 bits per heavy atom. The highest BCUT2D eigenvalue weighted by Crippen LogP contribution is 2.12. The number of H-pyrrole nitrogens is 1. The fraction of sp³-hybridized carbons (Fsp3) is 0.364. The summed E-state index contributed by atoms with van der Waals surface area (Å²) < 4.78 is 1.80. The van der Waals surface area contributed by atoms with Crippen LogP contribution >= 0.6 is 0 Å². The molecular formula is C11H14N4O. The monoisotopic (exact) mass is 218 g/mol. The molecular weight excluding hydrogens is 204 g/mol. The first-order chi connectivity index (χ1) is 7.72. The van der Waals surface area contributed by atoms with Crippen LogP contribution in [-0.4, -0.2) is 19.7 Å². The van der Waals surface area contributed by atoms with E-state index in [1.54, 1.807) is 10.9 Å². The molecule has 16 heavy (non-hydrogen) atoms. The molecule has 0 aromatic carbocycles. The van der Waals surface area contributed by atoms with E-state index in [1.807, 2.05) is 20.0 Å². The molecule has 0 amide bonds. The second-order valence-electron chi connectivity index (χ2n) is 3.52. The van der Waals surface area contributed by atoms with Gasteiger partial charge in [0.25, 0.3) is 5.56 Å². The smallest absolute Gasteiger partial charge is 0.251 e. The van der Waals surface area contributed by atoms with Gasteiger partial charge >= 0.3 is 0 Å². The van der Waals surface area contributed by atoms with Crippen LogP contribution in [0.3, 0.4) is 0 Å². The average Bonchev–Trinajstić information content (AvgIpc) is 2.76. The predicted molar refractivity (Wildman–Crippen MR) is 61.1 cm³/mol. The summed E-state index contributed by atoms with van der Waals surface area (Å²) in [6.07, 6.45) is 4.33. The van der Waals surface area contributed by atoms with Crippen LogP contribution in [0, 0.1) is 0 Å². The summed E-state index contributed by atoms with van der Waals surface area (Å²) in [5, 5.41) is 4.15. The lowest BCUT2D eigenvalue weighted by atomic mass is 10.3. The maximum atomic E-state index is 11.4. The van der Waals surface area contributed by atoms with Crippen LogP contribution in [0.2, 0.25) is 0 Å². The Morgan fingerprint density at radius 2 is 2.25 bits per heavy atom. The van der Waals surface area contributed by atoms with Crippen molar-refractivity contribution in [1.29, 1.82) is 0 Å². The number of nitrogens with one attached hydrogen (secondary N) is 1. The van der Waals surface area contributed by atoms with Crippen LogP contribution in [0.4, 0.5) is 0 Å². The van der Waals surface area contributed by atoms with E-state index in [2.05, 4.69) is 15.1 Å². The fourth-order valence-corrected chi connectivity index (χ4v) is 1.48. The van der Waals surface area contributed by atoms with E-state index in [1.165, 1.54) is 6.07 Å². The lowest BCUT2D eigenvalue weighted by Crippen LogP contribution is -2.09. The molecule has 2 heterocycles. The Labute approximate surface area is 93.2 Å². The topological polar surface area (TPSA) is 63.6 Å². The summed E-state index contributed by atoms with van der Waals surface area (Å²) >= 11 is 0. The molecule has 2 aromatic heterocycles. The van der Waals surface area contributed by atoms with Crippen LogP contribution in [0.25, 0.3) is 11.4 Å². The Kier molecular flexibility index (Phi) is 2.85. The molecule has 2 aromatic rings. The Bertz CT molecular complexity index is 541. The van der Waals surface area contributed by atoms with Crippen LogP contribution in [0.15, 0.2) is 23.3 Å². The first-order valence-corrected chi connectivity index (χ1v) is 5.36. The van der Waals surface area contributed by atoms with Gasteiger partial charge < -0.3 is 4.98 Å². The van der Waals surface area contributed by atoms with E-state index in [-0.39, 0.29) is 5.56 Å². The maximum Gasteiger partial charge on any atom is 0.251 e. The number of aryl methyl sites for hydroxylation is 2. The maximum absolute atomic E-state index is 11.4. The quantitative estimate of drug-likeness (QED) is 0.842. The molecule has 0 unspecified atom stereocenters. The molecule has 0 radical (unpaired) electrons. The van der Waals surface area contributed by atoms with Gasteiger partial charge in [0.1, 0.15) is 5.82 Å². The third-order valence-electron chi connectivity index (χ3n) is 2.39. The van der Waals surface area contributed by atoms with Crippen molar-refractivity contribution in [3.63, 3.8) is 0 Å². The number of hydrogen-bond acceptors (Lipinski definition) is 3. The van der Waals surface area contributed by atoms with Gasteiger partial charge in [-0.3, -0.25) is 9.48 Å². The highest BCUT2D eigenvalue weighted by molar-refractivity contribution is 5.51. The summed E-state index contributed by atoms with van der Waals surface area (Å²) in [5.41, 5.74) is 1.52. The van der Waals surface area contributed by atoms with E-state index < -0.39 is 0 Å². The minimum Gasteiger partial charge on any atom is -0.306 e. The first kappa shape index (κ1) is 10.6. The molecule has 0 aliphatic heterocycles. The summed E-state index contributed by atoms with van der Waals surface area (Å²) in [4.78, 5) is 18.5. The molecule has 1 N–H and O–H groups in total. The van der Waals surface area contributed by atoms with Crippen molar-refractivity contribution in [1.82, 2.24) is 19.7 Å². The normalized spacial score (nSPS) is 10.6. The third kappa shape index (κ3) is 2.03. The van der Waals surface area contributed by atoms with Gasteiger partial charge in [0, 0.05) is 24.5 Å². The highest BCUT2D eigenvalue weighted by atomic mass is 16.1. The molecule has 0 atom stereocenters. The molecule has 0 fully saturated rings. The summed E-state index contributed by atoms with van der Waals surface area (Å²) in [7, 11) is 0. The molecule has 0 aliphatic rings. The minimum atomic E-state index is -0.119. The fourth-order valence-electron chi connectivity index (χ4n) is 1.48. The summed E-state index contributed by atoms with van der Waals surface area (Å²) in [5.74, 6) is 0.587. The predicted octanol–water partition coefficient (Wildman–Crippen LogP) is 1.22. The van der Waals surface area contributed by atoms with Crippen molar-refractivity contribution in [2.45, 2.75) is 26.8 Å². The largest absolute Gasteiger partial charge is 0.306 e. The molecule has 2 rings (SSSR count). The number of rotatable bonds is 3. The zero-order chi connectivity index (χ0) is 11.5.